The first kappa shape index (κ1) is 18.5. The second kappa shape index (κ2) is 9.48. The topological polar surface area (TPSA) is 59.7 Å². The Morgan fingerprint density at radius 3 is 2.55 bits per heavy atom. The molecule has 1 atom stereocenters. The standard InChI is InChI=1S/C16H20ClN3.C2H6/c1-11-8-14(7-6-13(11)10-18)20-15(9-16(17)19)12-4-2-3-5-12;1-2/h6-8,12,15,19-20H,2-5,9H2,1H3;1-2H3. The SMILES string of the molecule is CC.Cc1cc(NC(CC(=N)Cl)C2CCCC2)ccc1C#N. The minimum absolute atomic E-state index is 0.208. The summed E-state index contributed by atoms with van der Waals surface area (Å²) in [5.74, 6) is 0.588. The molecule has 0 bridgehead atoms. The van der Waals surface area contributed by atoms with Gasteiger partial charge in [-0.25, -0.2) is 0 Å². The van der Waals surface area contributed by atoms with Crippen molar-refractivity contribution in [3.63, 3.8) is 0 Å². The number of rotatable bonds is 5. The van der Waals surface area contributed by atoms with E-state index in [1.807, 2.05) is 39.0 Å². The van der Waals surface area contributed by atoms with Crippen molar-refractivity contribution >= 4 is 22.5 Å². The zero-order valence-corrected chi connectivity index (χ0v) is 14.5. The molecule has 120 valence electrons. The van der Waals surface area contributed by atoms with Gasteiger partial charge in [-0.3, -0.25) is 5.41 Å². The summed E-state index contributed by atoms with van der Waals surface area (Å²) in [6.07, 6.45) is 5.52. The summed E-state index contributed by atoms with van der Waals surface area (Å²) in [4.78, 5) is 0. The van der Waals surface area contributed by atoms with E-state index in [0.29, 0.717) is 17.9 Å². The van der Waals surface area contributed by atoms with E-state index < -0.39 is 0 Å². The Hall–Kier alpha value is -1.53. The highest BCUT2D eigenvalue weighted by molar-refractivity contribution is 6.64. The molecule has 1 saturated carbocycles. The van der Waals surface area contributed by atoms with Gasteiger partial charge in [0.25, 0.3) is 0 Å². The van der Waals surface area contributed by atoms with E-state index >= 15 is 0 Å². The van der Waals surface area contributed by atoms with Crippen molar-refractivity contribution < 1.29 is 0 Å². The Kier molecular flexibility index (Phi) is 7.98. The van der Waals surface area contributed by atoms with Crippen LogP contribution in [0, 0.1) is 29.6 Å². The maximum atomic E-state index is 8.97. The lowest BCUT2D eigenvalue weighted by Crippen LogP contribution is -2.29. The Morgan fingerprint density at radius 2 is 2.05 bits per heavy atom. The van der Waals surface area contributed by atoms with Crippen LogP contribution in [-0.4, -0.2) is 11.2 Å². The van der Waals surface area contributed by atoms with Crippen LogP contribution in [0.1, 0.15) is 57.1 Å². The molecule has 3 nitrogen and oxygen atoms in total. The van der Waals surface area contributed by atoms with Crippen LogP contribution in [-0.2, 0) is 0 Å². The van der Waals surface area contributed by atoms with Gasteiger partial charge >= 0.3 is 0 Å². The van der Waals surface area contributed by atoms with Gasteiger partial charge in [-0.2, -0.15) is 5.26 Å². The number of benzene rings is 1. The molecule has 2 rings (SSSR count). The van der Waals surface area contributed by atoms with Gasteiger partial charge in [0.1, 0.15) is 0 Å². The lowest BCUT2D eigenvalue weighted by Gasteiger charge is -2.25. The largest absolute Gasteiger partial charge is 0.382 e. The van der Waals surface area contributed by atoms with E-state index in [9.17, 15) is 0 Å². The molecule has 0 heterocycles. The molecule has 1 unspecified atom stereocenters. The van der Waals surface area contributed by atoms with E-state index in [1.165, 1.54) is 25.7 Å². The van der Waals surface area contributed by atoms with Crippen molar-refractivity contribution in [2.45, 2.75) is 58.9 Å². The molecule has 0 aliphatic heterocycles. The number of hydrogen-bond acceptors (Lipinski definition) is 3. The highest BCUT2D eigenvalue weighted by Gasteiger charge is 2.25. The summed E-state index contributed by atoms with van der Waals surface area (Å²) >= 11 is 5.80. The average Bonchev–Trinajstić information content (AvgIpc) is 3.03. The van der Waals surface area contributed by atoms with Crippen LogP contribution in [0.5, 0.6) is 0 Å². The first-order chi connectivity index (χ1) is 10.6. The van der Waals surface area contributed by atoms with Crippen molar-refractivity contribution in [3.8, 4) is 6.07 Å². The smallest absolute Gasteiger partial charge is 0.0994 e. The van der Waals surface area contributed by atoms with Gasteiger partial charge < -0.3 is 5.32 Å². The molecule has 0 radical (unpaired) electrons. The molecule has 4 heteroatoms. The van der Waals surface area contributed by atoms with Crippen molar-refractivity contribution in [3.05, 3.63) is 29.3 Å². The predicted molar refractivity (Wildman–Crippen MR) is 94.8 cm³/mol. The third-order valence-corrected chi connectivity index (χ3v) is 4.22. The van der Waals surface area contributed by atoms with Gasteiger partial charge in [0, 0.05) is 18.2 Å². The molecule has 1 aliphatic carbocycles. The van der Waals surface area contributed by atoms with Crippen molar-refractivity contribution in [1.82, 2.24) is 0 Å². The molecule has 2 N–H and O–H groups in total. The highest BCUT2D eigenvalue weighted by atomic mass is 35.5. The van der Waals surface area contributed by atoms with Crippen LogP contribution in [0.3, 0.4) is 0 Å². The molecule has 0 aromatic heterocycles. The summed E-state index contributed by atoms with van der Waals surface area (Å²) in [7, 11) is 0. The quantitative estimate of drug-likeness (QED) is 0.707. The molecule has 0 spiro atoms. The van der Waals surface area contributed by atoms with E-state index in [0.717, 1.165) is 11.3 Å². The third kappa shape index (κ3) is 5.35. The van der Waals surface area contributed by atoms with Gasteiger partial charge in [0.15, 0.2) is 0 Å². The molecule has 1 aromatic rings. The van der Waals surface area contributed by atoms with Crippen LogP contribution in [0.4, 0.5) is 5.69 Å². The van der Waals surface area contributed by atoms with Crippen LogP contribution in [0.15, 0.2) is 18.2 Å². The van der Waals surface area contributed by atoms with Crippen LogP contribution >= 0.6 is 11.6 Å². The normalized spacial score (nSPS) is 15.4. The summed E-state index contributed by atoms with van der Waals surface area (Å²) in [6.45, 7) is 5.94. The predicted octanol–water partition coefficient (Wildman–Crippen LogP) is 5.47. The minimum atomic E-state index is 0.208. The second-order valence-corrected chi connectivity index (χ2v) is 6.00. The molecule has 1 aliphatic rings. The van der Waals surface area contributed by atoms with E-state index in [4.69, 9.17) is 22.3 Å². The highest BCUT2D eigenvalue weighted by Crippen LogP contribution is 2.31. The zero-order chi connectivity index (χ0) is 16.5. The summed E-state index contributed by atoms with van der Waals surface area (Å²) in [5.41, 5.74) is 2.69. The maximum Gasteiger partial charge on any atom is 0.0994 e. The molecule has 22 heavy (non-hydrogen) atoms. The van der Waals surface area contributed by atoms with Gasteiger partial charge in [-0.1, -0.05) is 38.3 Å². The van der Waals surface area contributed by atoms with Crippen LogP contribution < -0.4 is 5.32 Å². The van der Waals surface area contributed by atoms with E-state index in [2.05, 4.69) is 11.4 Å². The maximum absolute atomic E-state index is 8.97. The molecular weight excluding hydrogens is 294 g/mol. The second-order valence-electron chi connectivity index (χ2n) is 5.55. The number of hydrogen-bond donors (Lipinski definition) is 2. The monoisotopic (exact) mass is 319 g/mol. The third-order valence-electron chi connectivity index (χ3n) is 4.07. The lowest BCUT2D eigenvalue weighted by atomic mass is 9.95. The fraction of sp³-hybridized carbons (Fsp3) is 0.556. The Bertz CT molecular complexity index is 528. The zero-order valence-electron chi connectivity index (χ0n) is 13.7. The number of nitrogens with one attached hydrogen (secondary N) is 2. The Balaban J connectivity index is 0.00000116. The first-order valence-electron chi connectivity index (χ1n) is 8.10. The summed E-state index contributed by atoms with van der Waals surface area (Å²) < 4.78 is 0. The van der Waals surface area contributed by atoms with Crippen LogP contribution in [0.2, 0.25) is 0 Å². The number of anilines is 1. The molecule has 0 saturated heterocycles. The summed E-state index contributed by atoms with van der Waals surface area (Å²) in [6, 6.07) is 8.17. The first-order valence-corrected chi connectivity index (χ1v) is 8.48. The fourth-order valence-electron chi connectivity index (χ4n) is 2.98. The molecule has 1 fully saturated rings. The molecular formula is C18H26ClN3. The van der Waals surface area contributed by atoms with Gasteiger partial charge in [0.05, 0.1) is 16.8 Å². The Labute approximate surface area is 139 Å². The molecule has 1 aromatic carbocycles. The van der Waals surface area contributed by atoms with E-state index in [-0.39, 0.29) is 11.2 Å². The number of nitrogens with zero attached hydrogens (tertiary/aromatic N) is 1. The number of nitriles is 1. The van der Waals surface area contributed by atoms with Crippen molar-refractivity contribution in [2.24, 2.45) is 5.92 Å². The van der Waals surface area contributed by atoms with Gasteiger partial charge in [0.2, 0.25) is 0 Å². The van der Waals surface area contributed by atoms with Crippen LogP contribution in [0.25, 0.3) is 0 Å². The summed E-state index contributed by atoms with van der Waals surface area (Å²) in [5, 5.41) is 20.2. The van der Waals surface area contributed by atoms with Crippen molar-refractivity contribution in [2.75, 3.05) is 5.32 Å². The van der Waals surface area contributed by atoms with Gasteiger partial charge in [-0.05, 0) is 49.4 Å². The number of aryl methyl sites for hydroxylation is 1. The van der Waals surface area contributed by atoms with Crippen molar-refractivity contribution in [1.29, 1.82) is 10.7 Å². The number of halogens is 1. The molecule has 0 amide bonds. The lowest BCUT2D eigenvalue weighted by molar-refractivity contribution is 0.466. The fourth-order valence-corrected chi connectivity index (χ4v) is 3.15. The minimum Gasteiger partial charge on any atom is -0.382 e. The van der Waals surface area contributed by atoms with Gasteiger partial charge in [-0.15, -0.1) is 0 Å². The Morgan fingerprint density at radius 1 is 1.41 bits per heavy atom. The van der Waals surface area contributed by atoms with E-state index in [1.54, 1.807) is 0 Å². The average molecular weight is 320 g/mol.